The van der Waals surface area contributed by atoms with E-state index in [1.807, 2.05) is 20.8 Å². The van der Waals surface area contributed by atoms with Crippen molar-refractivity contribution in [1.29, 1.82) is 0 Å². The lowest BCUT2D eigenvalue weighted by atomic mass is 9.97. The van der Waals surface area contributed by atoms with Gasteiger partial charge in [-0.15, -0.1) is 0 Å². The van der Waals surface area contributed by atoms with E-state index in [0.29, 0.717) is 0 Å². The fourth-order valence-corrected chi connectivity index (χ4v) is 2.28. The molecule has 0 spiro atoms. The zero-order chi connectivity index (χ0) is 11.7. The second-order valence-corrected chi connectivity index (χ2v) is 4.45. The highest BCUT2D eigenvalue weighted by molar-refractivity contribution is 9.10. The van der Waals surface area contributed by atoms with Crippen molar-refractivity contribution in [2.45, 2.75) is 26.9 Å². The Balaban J connectivity index is 3.62. The monoisotopic (exact) mass is 272 g/mol. The maximum Gasteiger partial charge on any atom is 0.128 e. The van der Waals surface area contributed by atoms with Crippen LogP contribution in [0, 0.1) is 20.8 Å². The van der Waals surface area contributed by atoms with Crippen molar-refractivity contribution >= 4 is 15.9 Å². The summed E-state index contributed by atoms with van der Waals surface area (Å²) in [7, 11) is 1.64. The SMILES string of the molecule is COc1c(C)c(C)c(Br)c(C)c1C(N)N. The van der Waals surface area contributed by atoms with Crippen molar-refractivity contribution in [1.82, 2.24) is 0 Å². The minimum Gasteiger partial charge on any atom is -0.496 e. The van der Waals surface area contributed by atoms with Crippen molar-refractivity contribution in [2.24, 2.45) is 11.5 Å². The Morgan fingerprint density at radius 2 is 1.60 bits per heavy atom. The summed E-state index contributed by atoms with van der Waals surface area (Å²) in [6, 6.07) is 0. The summed E-state index contributed by atoms with van der Waals surface area (Å²) in [4.78, 5) is 0. The highest BCUT2D eigenvalue weighted by Crippen LogP contribution is 2.37. The molecule has 1 aromatic carbocycles. The number of methoxy groups -OCH3 is 1. The molecule has 4 N–H and O–H groups in total. The van der Waals surface area contributed by atoms with Gasteiger partial charge in [0.15, 0.2) is 0 Å². The molecule has 0 atom stereocenters. The molecule has 84 valence electrons. The first-order valence-electron chi connectivity index (χ1n) is 4.76. The molecular weight excluding hydrogens is 256 g/mol. The second kappa shape index (κ2) is 4.51. The van der Waals surface area contributed by atoms with Gasteiger partial charge >= 0.3 is 0 Å². The van der Waals surface area contributed by atoms with Crippen LogP contribution in [0.25, 0.3) is 0 Å². The number of benzene rings is 1. The quantitative estimate of drug-likeness (QED) is 0.813. The van der Waals surface area contributed by atoms with Crippen molar-refractivity contribution in [3.8, 4) is 5.75 Å². The van der Waals surface area contributed by atoms with Gasteiger partial charge in [0, 0.05) is 10.0 Å². The molecule has 0 unspecified atom stereocenters. The van der Waals surface area contributed by atoms with E-state index in [4.69, 9.17) is 16.2 Å². The van der Waals surface area contributed by atoms with Gasteiger partial charge in [-0.1, -0.05) is 15.9 Å². The fourth-order valence-electron chi connectivity index (χ4n) is 1.77. The minimum absolute atomic E-state index is 0.518. The zero-order valence-corrected chi connectivity index (χ0v) is 11.1. The lowest BCUT2D eigenvalue weighted by Crippen LogP contribution is -2.23. The van der Waals surface area contributed by atoms with Crippen molar-refractivity contribution in [3.05, 3.63) is 26.7 Å². The van der Waals surface area contributed by atoms with Crippen LogP contribution in [-0.2, 0) is 0 Å². The van der Waals surface area contributed by atoms with Gasteiger partial charge in [0.25, 0.3) is 0 Å². The van der Waals surface area contributed by atoms with Gasteiger partial charge in [-0.3, -0.25) is 0 Å². The molecule has 0 aliphatic heterocycles. The third kappa shape index (κ3) is 2.02. The molecule has 4 heteroatoms. The lowest BCUT2D eigenvalue weighted by molar-refractivity contribution is 0.402. The molecule has 0 amide bonds. The molecule has 1 aromatic rings. The maximum absolute atomic E-state index is 5.76. The molecule has 0 fully saturated rings. The summed E-state index contributed by atoms with van der Waals surface area (Å²) in [5.74, 6) is 0.795. The van der Waals surface area contributed by atoms with Crippen LogP contribution in [0.4, 0.5) is 0 Å². The van der Waals surface area contributed by atoms with E-state index in [9.17, 15) is 0 Å². The Bertz CT molecular complexity index is 389. The summed E-state index contributed by atoms with van der Waals surface area (Å²) in [6.45, 7) is 6.03. The van der Waals surface area contributed by atoms with Gasteiger partial charge in [-0.25, -0.2) is 0 Å². The molecule has 0 saturated carbocycles. The second-order valence-electron chi connectivity index (χ2n) is 3.66. The van der Waals surface area contributed by atoms with Crippen LogP contribution in [0.15, 0.2) is 4.47 Å². The molecule has 0 aliphatic rings. The smallest absolute Gasteiger partial charge is 0.128 e. The van der Waals surface area contributed by atoms with Gasteiger partial charge in [0.2, 0.25) is 0 Å². The normalized spacial score (nSPS) is 10.9. The van der Waals surface area contributed by atoms with Crippen LogP contribution in [0.2, 0.25) is 0 Å². The molecule has 0 radical (unpaired) electrons. The Morgan fingerprint density at radius 1 is 1.07 bits per heavy atom. The Labute approximate surface area is 98.9 Å². The average Bonchev–Trinajstić information content (AvgIpc) is 2.19. The topological polar surface area (TPSA) is 61.3 Å². The molecule has 0 aromatic heterocycles. The van der Waals surface area contributed by atoms with Gasteiger partial charge in [0.05, 0.1) is 13.3 Å². The first kappa shape index (κ1) is 12.5. The zero-order valence-electron chi connectivity index (χ0n) is 9.52. The molecule has 0 aliphatic carbocycles. The van der Waals surface area contributed by atoms with Crippen LogP contribution in [0.5, 0.6) is 5.75 Å². The largest absolute Gasteiger partial charge is 0.496 e. The van der Waals surface area contributed by atoms with E-state index in [1.165, 1.54) is 0 Å². The summed E-state index contributed by atoms with van der Waals surface area (Å²) in [5.41, 5.74) is 15.7. The van der Waals surface area contributed by atoms with Gasteiger partial charge in [-0.05, 0) is 37.5 Å². The van der Waals surface area contributed by atoms with Crippen LogP contribution in [0.1, 0.15) is 28.4 Å². The van der Waals surface area contributed by atoms with E-state index in [-0.39, 0.29) is 0 Å². The maximum atomic E-state index is 5.76. The molecule has 15 heavy (non-hydrogen) atoms. The number of nitrogens with two attached hydrogens (primary N) is 2. The number of halogens is 1. The number of hydrogen-bond donors (Lipinski definition) is 2. The predicted molar refractivity (Wildman–Crippen MR) is 66.0 cm³/mol. The van der Waals surface area contributed by atoms with E-state index in [2.05, 4.69) is 15.9 Å². The average molecular weight is 273 g/mol. The molecule has 0 bridgehead atoms. The van der Waals surface area contributed by atoms with Crippen LogP contribution in [-0.4, -0.2) is 7.11 Å². The Hall–Kier alpha value is -0.580. The highest BCUT2D eigenvalue weighted by atomic mass is 79.9. The van der Waals surface area contributed by atoms with Crippen LogP contribution < -0.4 is 16.2 Å². The summed E-state index contributed by atoms with van der Waals surface area (Å²) >= 11 is 3.55. The third-order valence-corrected chi connectivity index (χ3v) is 3.94. The summed E-state index contributed by atoms with van der Waals surface area (Å²) < 4.78 is 6.43. The predicted octanol–water partition coefficient (Wildman–Crippen LogP) is 2.30. The highest BCUT2D eigenvalue weighted by Gasteiger charge is 2.19. The van der Waals surface area contributed by atoms with Crippen molar-refractivity contribution in [2.75, 3.05) is 7.11 Å². The van der Waals surface area contributed by atoms with E-state index in [1.54, 1.807) is 7.11 Å². The Kier molecular flexibility index (Phi) is 3.76. The van der Waals surface area contributed by atoms with E-state index >= 15 is 0 Å². The number of ether oxygens (including phenoxy) is 1. The summed E-state index contributed by atoms with van der Waals surface area (Å²) in [5, 5.41) is 0. The fraction of sp³-hybridized carbons (Fsp3) is 0.455. The molecule has 0 saturated heterocycles. The van der Waals surface area contributed by atoms with Gasteiger partial charge < -0.3 is 16.2 Å². The van der Waals surface area contributed by atoms with Crippen molar-refractivity contribution in [3.63, 3.8) is 0 Å². The molecule has 1 rings (SSSR count). The number of rotatable bonds is 2. The molecule has 3 nitrogen and oxygen atoms in total. The third-order valence-electron chi connectivity index (χ3n) is 2.75. The first-order valence-corrected chi connectivity index (χ1v) is 5.55. The van der Waals surface area contributed by atoms with Gasteiger partial charge in [0.1, 0.15) is 5.75 Å². The standard InChI is InChI=1S/C11H17BrN2O/c1-5-6(2)10(15-4)8(11(13)14)7(3)9(5)12/h11H,13-14H2,1-4H3. The Morgan fingerprint density at radius 3 is 2.00 bits per heavy atom. The van der Waals surface area contributed by atoms with Crippen molar-refractivity contribution < 1.29 is 4.74 Å². The minimum atomic E-state index is -0.518. The molecule has 0 heterocycles. The summed E-state index contributed by atoms with van der Waals surface area (Å²) in [6.07, 6.45) is -0.518. The molecular formula is C11H17BrN2O. The van der Waals surface area contributed by atoms with E-state index in [0.717, 1.165) is 32.5 Å². The van der Waals surface area contributed by atoms with E-state index < -0.39 is 6.17 Å². The number of hydrogen-bond acceptors (Lipinski definition) is 3. The van der Waals surface area contributed by atoms with Crippen LogP contribution in [0.3, 0.4) is 0 Å². The lowest BCUT2D eigenvalue weighted by Gasteiger charge is -2.20. The van der Waals surface area contributed by atoms with Crippen LogP contribution >= 0.6 is 15.9 Å². The van der Waals surface area contributed by atoms with Gasteiger partial charge in [-0.2, -0.15) is 0 Å². The first-order chi connectivity index (χ1) is 6.91.